The van der Waals surface area contributed by atoms with Gasteiger partial charge in [-0.25, -0.2) is 4.79 Å². The highest BCUT2D eigenvalue weighted by atomic mass is 16.5. The largest absolute Gasteiger partial charge is 0.452 e. The van der Waals surface area contributed by atoms with Crippen LogP contribution >= 0.6 is 0 Å². The summed E-state index contributed by atoms with van der Waals surface area (Å²) >= 11 is 0. The van der Waals surface area contributed by atoms with E-state index in [1.807, 2.05) is 13.8 Å². The van der Waals surface area contributed by atoms with Crippen molar-refractivity contribution >= 4 is 11.9 Å². The molecule has 1 heterocycles. The highest BCUT2D eigenvalue weighted by molar-refractivity contribution is 5.93. The lowest BCUT2D eigenvalue weighted by molar-refractivity contribution is -0.125. The smallest absolute Gasteiger partial charge is 0.344 e. The molecule has 128 valence electrons. The van der Waals surface area contributed by atoms with E-state index in [9.17, 15) is 9.59 Å². The summed E-state index contributed by atoms with van der Waals surface area (Å²) in [5.74, 6) is 0.178. The molecule has 23 heavy (non-hydrogen) atoms. The van der Waals surface area contributed by atoms with E-state index >= 15 is 0 Å². The Labute approximate surface area is 136 Å². The van der Waals surface area contributed by atoms with Crippen LogP contribution in [0.25, 0.3) is 0 Å². The number of nitrogens with zero attached hydrogens (tertiary/aromatic N) is 1. The van der Waals surface area contributed by atoms with E-state index in [2.05, 4.69) is 17.4 Å². The third-order valence-electron chi connectivity index (χ3n) is 4.41. The predicted octanol–water partition coefficient (Wildman–Crippen LogP) is 2.96. The van der Waals surface area contributed by atoms with Crippen LogP contribution in [-0.4, -0.2) is 29.7 Å². The molecule has 0 radical (unpaired) electrons. The van der Waals surface area contributed by atoms with Gasteiger partial charge in [-0.15, -0.1) is 0 Å². The zero-order chi connectivity index (χ0) is 17.0. The Hall–Kier alpha value is -1.85. The molecule has 2 atom stereocenters. The first-order chi connectivity index (χ1) is 10.9. The van der Waals surface area contributed by atoms with Gasteiger partial charge in [0.25, 0.3) is 5.91 Å². The van der Waals surface area contributed by atoms with E-state index in [-0.39, 0.29) is 24.5 Å². The lowest BCUT2D eigenvalue weighted by Crippen LogP contribution is -2.42. The van der Waals surface area contributed by atoms with Gasteiger partial charge in [-0.2, -0.15) is 0 Å². The third kappa shape index (κ3) is 4.33. The van der Waals surface area contributed by atoms with E-state index in [1.165, 1.54) is 6.42 Å². The molecule has 0 saturated heterocycles. The van der Waals surface area contributed by atoms with Gasteiger partial charge < -0.3 is 14.6 Å². The molecule has 0 spiro atoms. The minimum Gasteiger partial charge on any atom is -0.452 e. The van der Waals surface area contributed by atoms with E-state index < -0.39 is 5.97 Å². The SMILES string of the molecule is Cc1noc(C(C)C)c1C(=O)OCC(=O)N[C@@H]1CCCC[C@@H]1C. The summed E-state index contributed by atoms with van der Waals surface area (Å²) in [7, 11) is 0. The maximum absolute atomic E-state index is 12.2. The number of carbonyl (C=O) groups excluding carboxylic acids is 2. The Kier molecular flexibility index (Phi) is 5.80. The molecule has 2 rings (SSSR count). The molecule has 0 aromatic carbocycles. The second kappa shape index (κ2) is 7.62. The lowest BCUT2D eigenvalue weighted by Gasteiger charge is -2.29. The van der Waals surface area contributed by atoms with Crippen LogP contribution in [0.4, 0.5) is 0 Å². The van der Waals surface area contributed by atoms with Crippen LogP contribution in [-0.2, 0) is 9.53 Å². The van der Waals surface area contributed by atoms with Crippen molar-refractivity contribution in [2.24, 2.45) is 5.92 Å². The number of aryl methyl sites for hydroxylation is 1. The van der Waals surface area contributed by atoms with Crippen molar-refractivity contribution in [2.75, 3.05) is 6.61 Å². The highest BCUT2D eigenvalue weighted by Crippen LogP contribution is 2.24. The van der Waals surface area contributed by atoms with Crippen LogP contribution in [0.1, 0.15) is 74.2 Å². The average molecular weight is 322 g/mol. The quantitative estimate of drug-likeness (QED) is 0.843. The molecule has 1 aromatic rings. The minimum absolute atomic E-state index is 0.0238. The molecule has 1 aliphatic carbocycles. The molecule has 1 saturated carbocycles. The van der Waals surface area contributed by atoms with Crippen LogP contribution in [0, 0.1) is 12.8 Å². The molecule has 1 amide bonds. The predicted molar refractivity (Wildman–Crippen MR) is 85.2 cm³/mol. The van der Waals surface area contributed by atoms with Crippen LogP contribution in [0.15, 0.2) is 4.52 Å². The summed E-state index contributed by atoms with van der Waals surface area (Å²) < 4.78 is 10.3. The van der Waals surface area contributed by atoms with E-state index in [4.69, 9.17) is 9.26 Å². The summed E-state index contributed by atoms with van der Waals surface area (Å²) in [6.07, 6.45) is 4.46. The van der Waals surface area contributed by atoms with Crippen LogP contribution in [0.5, 0.6) is 0 Å². The molecular formula is C17H26N2O4. The van der Waals surface area contributed by atoms with Crippen molar-refractivity contribution in [3.63, 3.8) is 0 Å². The Balaban J connectivity index is 1.89. The third-order valence-corrected chi connectivity index (χ3v) is 4.41. The number of ether oxygens (including phenoxy) is 1. The van der Waals surface area contributed by atoms with Crippen molar-refractivity contribution in [2.45, 2.75) is 65.3 Å². The molecular weight excluding hydrogens is 296 g/mol. The van der Waals surface area contributed by atoms with Gasteiger partial charge in [0.05, 0.1) is 5.69 Å². The molecule has 1 N–H and O–H groups in total. The number of aromatic nitrogens is 1. The zero-order valence-electron chi connectivity index (χ0n) is 14.3. The maximum Gasteiger partial charge on any atom is 0.344 e. The number of hydrogen-bond acceptors (Lipinski definition) is 5. The van der Waals surface area contributed by atoms with Crippen molar-refractivity contribution < 1.29 is 18.8 Å². The average Bonchev–Trinajstić information content (AvgIpc) is 2.89. The van der Waals surface area contributed by atoms with Crippen molar-refractivity contribution in [1.82, 2.24) is 10.5 Å². The van der Waals surface area contributed by atoms with Gasteiger partial charge in [-0.05, 0) is 25.7 Å². The second-order valence-corrected chi connectivity index (χ2v) is 6.67. The first kappa shape index (κ1) is 17.5. The molecule has 0 aliphatic heterocycles. The van der Waals surface area contributed by atoms with Gasteiger partial charge in [-0.1, -0.05) is 38.8 Å². The summed E-state index contributed by atoms with van der Waals surface area (Å²) in [4.78, 5) is 24.2. The first-order valence-electron chi connectivity index (χ1n) is 8.32. The summed E-state index contributed by atoms with van der Waals surface area (Å²) in [6.45, 7) is 7.38. The number of carbonyl (C=O) groups is 2. The normalized spacial score (nSPS) is 21.3. The van der Waals surface area contributed by atoms with Crippen LogP contribution < -0.4 is 5.32 Å². The van der Waals surface area contributed by atoms with Gasteiger partial charge in [0.15, 0.2) is 12.4 Å². The first-order valence-corrected chi connectivity index (χ1v) is 8.32. The van der Waals surface area contributed by atoms with Gasteiger partial charge >= 0.3 is 5.97 Å². The van der Waals surface area contributed by atoms with E-state index in [0.717, 1.165) is 19.3 Å². The number of hydrogen-bond donors (Lipinski definition) is 1. The summed E-state index contributed by atoms with van der Waals surface area (Å²) in [5.41, 5.74) is 0.818. The number of rotatable bonds is 5. The van der Waals surface area contributed by atoms with Crippen LogP contribution in [0.2, 0.25) is 0 Å². The van der Waals surface area contributed by atoms with E-state index in [1.54, 1.807) is 6.92 Å². The topological polar surface area (TPSA) is 81.4 Å². The van der Waals surface area contributed by atoms with Gasteiger partial charge in [0, 0.05) is 12.0 Å². The zero-order valence-corrected chi connectivity index (χ0v) is 14.3. The highest BCUT2D eigenvalue weighted by Gasteiger charge is 2.26. The van der Waals surface area contributed by atoms with Gasteiger partial charge in [0.1, 0.15) is 5.56 Å². The van der Waals surface area contributed by atoms with Crippen molar-refractivity contribution in [3.8, 4) is 0 Å². The summed E-state index contributed by atoms with van der Waals surface area (Å²) in [6, 6.07) is 0.179. The van der Waals surface area contributed by atoms with Gasteiger partial charge in [0.2, 0.25) is 0 Å². The van der Waals surface area contributed by atoms with Gasteiger partial charge in [-0.3, -0.25) is 4.79 Å². The Morgan fingerprint density at radius 2 is 2.04 bits per heavy atom. The summed E-state index contributed by atoms with van der Waals surface area (Å²) in [5, 5.41) is 6.78. The molecule has 0 unspecified atom stereocenters. The minimum atomic E-state index is -0.556. The monoisotopic (exact) mass is 322 g/mol. The number of nitrogens with one attached hydrogen (secondary N) is 1. The number of amides is 1. The van der Waals surface area contributed by atoms with Crippen molar-refractivity contribution in [1.29, 1.82) is 0 Å². The maximum atomic E-state index is 12.2. The van der Waals surface area contributed by atoms with Crippen molar-refractivity contribution in [3.05, 3.63) is 17.0 Å². The molecule has 1 aliphatic rings. The lowest BCUT2D eigenvalue weighted by atomic mass is 9.86. The number of esters is 1. The molecule has 6 heteroatoms. The fourth-order valence-corrected chi connectivity index (χ4v) is 3.01. The fourth-order valence-electron chi connectivity index (χ4n) is 3.01. The molecule has 1 aromatic heterocycles. The Morgan fingerprint density at radius 1 is 1.35 bits per heavy atom. The van der Waals surface area contributed by atoms with E-state index in [0.29, 0.717) is 22.9 Å². The Morgan fingerprint density at radius 3 is 2.70 bits per heavy atom. The fraction of sp³-hybridized carbons (Fsp3) is 0.706. The van der Waals surface area contributed by atoms with Crippen LogP contribution in [0.3, 0.4) is 0 Å². The Bertz CT molecular complexity index is 565. The molecule has 0 bridgehead atoms. The standard InChI is InChI=1S/C17H26N2O4/c1-10(2)16-15(12(4)19-23-16)17(21)22-9-14(20)18-13-8-6-5-7-11(13)3/h10-11,13H,5-9H2,1-4H3,(H,18,20)/t11-,13+/m0/s1. The second-order valence-electron chi connectivity index (χ2n) is 6.67. The molecule has 6 nitrogen and oxygen atoms in total. The molecule has 1 fully saturated rings.